The van der Waals surface area contributed by atoms with Gasteiger partial charge in [0, 0.05) is 6.04 Å². The molecule has 19 heavy (non-hydrogen) atoms. The number of benzene rings is 1. The summed E-state index contributed by atoms with van der Waals surface area (Å²) in [6.07, 6.45) is 2.03. The molecule has 0 saturated heterocycles. The summed E-state index contributed by atoms with van der Waals surface area (Å²) in [4.78, 5) is 13.2. The summed E-state index contributed by atoms with van der Waals surface area (Å²) in [7, 11) is 3.83. The first-order chi connectivity index (χ1) is 9.00. The van der Waals surface area contributed by atoms with Crippen LogP contribution in [0.25, 0.3) is 0 Å². The van der Waals surface area contributed by atoms with Crippen LogP contribution < -0.4 is 4.74 Å². The van der Waals surface area contributed by atoms with Crippen LogP contribution in [0.2, 0.25) is 0 Å². The molecular formula is C15H21NO3. The summed E-state index contributed by atoms with van der Waals surface area (Å²) in [5.74, 6) is -0.277. The Morgan fingerprint density at radius 3 is 2.79 bits per heavy atom. The van der Waals surface area contributed by atoms with Gasteiger partial charge in [0.2, 0.25) is 0 Å². The zero-order valence-electron chi connectivity index (χ0n) is 11.7. The summed E-state index contributed by atoms with van der Waals surface area (Å²) in [5, 5.41) is 9.25. The zero-order valence-corrected chi connectivity index (χ0v) is 11.7. The molecule has 0 spiro atoms. The Labute approximate surface area is 114 Å². The van der Waals surface area contributed by atoms with E-state index in [-0.39, 0.29) is 6.04 Å². The maximum absolute atomic E-state index is 11.3. The van der Waals surface area contributed by atoms with Gasteiger partial charge in [0.1, 0.15) is 5.75 Å². The van der Waals surface area contributed by atoms with Crippen LogP contribution in [-0.4, -0.2) is 36.7 Å². The molecule has 0 fully saturated rings. The first kappa shape index (κ1) is 13.9. The Balaban J connectivity index is 2.34. The smallest absolute Gasteiger partial charge is 0.308 e. The lowest BCUT2D eigenvalue weighted by molar-refractivity contribution is -0.143. The number of hydrogen-bond acceptors (Lipinski definition) is 3. The molecule has 0 radical (unpaired) electrons. The molecule has 1 aromatic carbocycles. The van der Waals surface area contributed by atoms with Gasteiger partial charge in [0.25, 0.3) is 0 Å². The lowest BCUT2D eigenvalue weighted by Gasteiger charge is -2.29. The summed E-state index contributed by atoms with van der Waals surface area (Å²) in [6, 6.07) is 5.92. The number of aliphatic carboxylic acids is 1. The summed E-state index contributed by atoms with van der Waals surface area (Å²) in [6.45, 7) is 2.53. The third kappa shape index (κ3) is 2.89. The van der Waals surface area contributed by atoms with Crippen LogP contribution in [-0.2, 0) is 11.2 Å². The minimum absolute atomic E-state index is 0.121. The van der Waals surface area contributed by atoms with E-state index in [1.807, 2.05) is 31.1 Å². The van der Waals surface area contributed by atoms with Gasteiger partial charge in [-0.05, 0) is 44.1 Å². The second kappa shape index (κ2) is 5.61. The van der Waals surface area contributed by atoms with E-state index >= 15 is 0 Å². The van der Waals surface area contributed by atoms with Gasteiger partial charge in [0.05, 0.1) is 12.5 Å². The molecule has 0 amide bonds. The molecule has 1 heterocycles. The molecule has 4 nitrogen and oxygen atoms in total. The third-order valence-corrected chi connectivity index (χ3v) is 3.69. The summed E-state index contributed by atoms with van der Waals surface area (Å²) >= 11 is 0. The Hall–Kier alpha value is -1.55. The molecule has 1 aliphatic rings. The van der Waals surface area contributed by atoms with E-state index in [2.05, 4.69) is 6.07 Å². The van der Waals surface area contributed by atoms with Crippen molar-refractivity contribution in [3.8, 4) is 5.75 Å². The molecule has 0 saturated carbocycles. The first-order valence-corrected chi connectivity index (χ1v) is 6.65. The molecule has 0 bridgehead atoms. The van der Waals surface area contributed by atoms with Crippen molar-refractivity contribution in [2.24, 2.45) is 5.92 Å². The molecule has 1 N–H and O–H groups in total. The SMILES string of the molecule is CC(C(=O)O)C(c1ccc2c(c1)CCCO2)N(C)C. The van der Waals surface area contributed by atoms with Crippen LogP contribution in [0.1, 0.15) is 30.5 Å². The van der Waals surface area contributed by atoms with Crippen molar-refractivity contribution >= 4 is 5.97 Å². The van der Waals surface area contributed by atoms with Crippen LogP contribution in [0.15, 0.2) is 18.2 Å². The number of carboxylic acid groups (broad SMARTS) is 1. The van der Waals surface area contributed by atoms with Crippen LogP contribution in [0.3, 0.4) is 0 Å². The van der Waals surface area contributed by atoms with E-state index in [1.165, 1.54) is 5.56 Å². The van der Waals surface area contributed by atoms with Crippen molar-refractivity contribution in [3.63, 3.8) is 0 Å². The summed E-state index contributed by atoms with van der Waals surface area (Å²) < 4.78 is 5.60. The Morgan fingerprint density at radius 1 is 1.42 bits per heavy atom. The molecular weight excluding hydrogens is 242 g/mol. The minimum atomic E-state index is -0.771. The van der Waals surface area contributed by atoms with E-state index in [4.69, 9.17) is 4.74 Å². The highest BCUT2D eigenvalue weighted by Crippen LogP contribution is 2.32. The van der Waals surface area contributed by atoms with Crippen molar-refractivity contribution < 1.29 is 14.6 Å². The number of ether oxygens (including phenoxy) is 1. The number of fused-ring (bicyclic) bond motifs is 1. The summed E-state index contributed by atoms with van der Waals surface area (Å²) in [5.41, 5.74) is 2.23. The second-order valence-corrected chi connectivity index (χ2v) is 5.35. The fourth-order valence-electron chi connectivity index (χ4n) is 2.73. The van der Waals surface area contributed by atoms with Gasteiger partial charge in [-0.1, -0.05) is 19.1 Å². The van der Waals surface area contributed by atoms with E-state index in [1.54, 1.807) is 6.92 Å². The molecule has 0 aromatic heterocycles. The predicted molar refractivity (Wildman–Crippen MR) is 73.5 cm³/mol. The molecule has 4 heteroatoms. The highest BCUT2D eigenvalue weighted by Gasteiger charge is 2.27. The van der Waals surface area contributed by atoms with Crippen molar-refractivity contribution in [3.05, 3.63) is 29.3 Å². The molecule has 2 atom stereocenters. The van der Waals surface area contributed by atoms with Crippen molar-refractivity contribution in [2.45, 2.75) is 25.8 Å². The van der Waals surface area contributed by atoms with Gasteiger partial charge in [-0.2, -0.15) is 0 Å². The Kier molecular flexibility index (Phi) is 4.10. The maximum atomic E-state index is 11.3. The highest BCUT2D eigenvalue weighted by molar-refractivity contribution is 5.70. The molecule has 1 aromatic rings. The molecule has 2 rings (SSSR count). The first-order valence-electron chi connectivity index (χ1n) is 6.65. The molecule has 104 valence electrons. The van der Waals surface area contributed by atoms with Crippen molar-refractivity contribution in [1.82, 2.24) is 4.90 Å². The monoisotopic (exact) mass is 263 g/mol. The number of nitrogens with zero attached hydrogens (tertiary/aromatic N) is 1. The average Bonchev–Trinajstić information content (AvgIpc) is 2.38. The van der Waals surface area contributed by atoms with Gasteiger partial charge < -0.3 is 14.7 Å². The van der Waals surface area contributed by atoms with Crippen molar-refractivity contribution in [1.29, 1.82) is 0 Å². The quantitative estimate of drug-likeness (QED) is 0.906. The van der Waals surface area contributed by atoms with Crippen LogP contribution in [0.4, 0.5) is 0 Å². The van der Waals surface area contributed by atoms with Crippen LogP contribution in [0.5, 0.6) is 5.75 Å². The normalized spacial score (nSPS) is 17.5. The van der Waals surface area contributed by atoms with Crippen LogP contribution >= 0.6 is 0 Å². The lowest BCUT2D eigenvalue weighted by Crippen LogP contribution is -2.30. The van der Waals surface area contributed by atoms with E-state index in [0.717, 1.165) is 30.8 Å². The largest absolute Gasteiger partial charge is 0.493 e. The van der Waals surface area contributed by atoms with E-state index in [0.29, 0.717) is 0 Å². The van der Waals surface area contributed by atoms with Gasteiger partial charge >= 0.3 is 5.97 Å². The lowest BCUT2D eigenvalue weighted by atomic mass is 9.91. The fourth-order valence-corrected chi connectivity index (χ4v) is 2.73. The predicted octanol–water partition coefficient (Wildman–Crippen LogP) is 2.33. The van der Waals surface area contributed by atoms with Gasteiger partial charge in [0.15, 0.2) is 0 Å². The van der Waals surface area contributed by atoms with Crippen LogP contribution in [0, 0.1) is 5.92 Å². The van der Waals surface area contributed by atoms with E-state index < -0.39 is 11.9 Å². The zero-order chi connectivity index (χ0) is 14.0. The Bertz CT molecular complexity index is 470. The molecule has 0 aliphatic carbocycles. The number of carbonyl (C=O) groups is 1. The third-order valence-electron chi connectivity index (χ3n) is 3.69. The number of aryl methyl sites for hydroxylation is 1. The Morgan fingerprint density at radius 2 is 2.16 bits per heavy atom. The number of carboxylic acids is 1. The average molecular weight is 263 g/mol. The molecule has 1 aliphatic heterocycles. The number of hydrogen-bond donors (Lipinski definition) is 1. The van der Waals surface area contributed by atoms with Gasteiger partial charge in [-0.3, -0.25) is 4.79 Å². The van der Waals surface area contributed by atoms with E-state index in [9.17, 15) is 9.90 Å². The molecule has 2 unspecified atom stereocenters. The maximum Gasteiger partial charge on any atom is 0.308 e. The van der Waals surface area contributed by atoms with Gasteiger partial charge in [-0.15, -0.1) is 0 Å². The highest BCUT2D eigenvalue weighted by atomic mass is 16.5. The second-order valence-electron chi connectivity index (χ2n) is 5.35. The number of rotatable bonds is 4. The van der Waals surface area contributed by atoms with Crippen molar-refractivity contribution in [2.75, 3.05) is 20.7 Å². The standard InChI is InChI=1S/C15H21NO3/c1-10(15(17)18)14(16(2)3)12-6-7-13-11(9-12)5-4-8-19-13/h6-7,9-10,14H,4-5,8H2,1-3H3,(H,17,18). The fraction of sp³-hybridized carbons (Fsp3) is 0.533. The minimum Gasteiger partial charge on any atom is -0.493 e. The topological polar surface area (TPSA) is 49.8 Å². The van der Waals surface area contributed by atoms with Gasteiger partial charge in [-0.25, -0.2) is 0 Å².